The van der Waals surface area contributed by atoms with Crippen LogP contribution in [-0.2, 0) is 0 Å². The van der Waals surface area contributed by atoms with E-state index in [9.17, 15) is 0 Å². The summed E-state index contributed by atoms with van der Waals surface area (Å²) in [5, 5.41) is 0. The van der Waals surface area contributed by atoms with E-state index in [4.69, 9.17) is 0 Å². The van der Waals surface area contributed by atoms with Gasteiger partial charge in [0, 0.05) is 0 Å². The van der Waals surface area contributed by atoms with Crippen molar-refractivity contribution in [3.63, 3.8) is 0 Å². The van der Waals surface area contributed by atoms with Gasteiger partial charge in [-0.1, -0.05) is 13.3 Å². The third-order valence-corrected chi connectivity index (χ3v) is 0.354. The van der Waals surface area contributed by atoms with Gasteiger partial charge in [-0.25, -0.2) is 0 Å². The second kappa shape index (κ2) is 27.2. The van der Waals surface area contributed by atoms with E-state index in [1.807, 2.05) is 0 Å². The molecule has 0 radical (unpaired) electrons. The van der Waals surface area contributed by atoms with E-state index >= 15 is 0 Å². The van der Waals surface area contributed by atoms with Crippen molar-refractivity contribution in [2.45, 2.75) is 26.7 Å². The molecule has 0 spiro atoms. The molecule has 42 valence electrons. The average molecular weight is 104 g/mol. The first kappa shape index (κ1) is 15.7. The summed E-state index contributed by atoms with van der Waals surface area (Å²) in [5.74, 6) is 2.25. The van der Waals surface area contributed by atoms with Crippen molar-refractivity contribution in [2.24, 2.45) is 0 Å². The normalized spacial score (nSPS) is 4.75. The molecule has 8 heavy (non-hydrogen) atoms. The molecule has 0 aliphatic carbocycles. The van der Waals surface area contributed by atoms with Crippen molar-refractivity contribution >= 4 is 0 Å². The molecule has 0 aliphatic heterocycles. The third-order valence-electron chi connectivity index (χ3n) is 0.354. The van der Waals surface area contributed by atoms with Crippen LogP contribution < -0.4 is 18.9 Å². The molecule has 0 amide bonds. The Labute approximate surface area is 65.2 Å². The Morgan fingerprint density at radius 2 is 1.75 bits per heavy atom. The van der Waals surface area contributed by atoms with Gasteiger partial charge in [-0.15, -0.1) is 12.3 Å². The number of terminal acetylenes is 1. The van der Waals surface area contributed by atoms with Gasteiger partial charge in [-0.2, -0.15) is 6.42 Å². The van der Waals surface area contributed by atoms with Crippen LogP contribution in [-0.4, -0.2) is 0 Å². The largest absolute Gasteiger partial charge is 1.00 e. The third kappa shape index (κ3) is 122. The van der Waals surface area contributed by atoms with Crippen LogP contribution in [0, 0.1) is 19.3 Å². The molecular formula is C7H13Li. The van der Waals surface area contributed by atoms with Gasteiger partial charge in [0.15, 0.2) is 0 Å². The summed E-state index contributed by atoms with van der Waals surface area (Å²) in [5.41, 5.74) is 0. The summed E-state index contributed by atoms with van der Waals surface area (Å²) in [7, 11) is 0. The van der Waals surface area contributed by atoms with Crippen molar-refractivity contribution in [3.8, 4) is 12.3 Å². The van der Waals surface area contributed by atoms with Gasteiger partial charge >= 0.3 is 18.9 Å². The van der Waals surface area contributed by atoms with Gasteiger partial charge in [0.1, 0.15) is 0 Å². The van der Waals surface area contributed by atoms with E-state index in [1.165, 1.54) is 6.42 Å². The number of rotatable bonds is 1. The van der Waals surface area contributed by atoms with Gasteiger partial charge < -0.3 is 6.92 Å². The van der Waals surface area contributed by atoms with E-state index in [0.717, 1.165) is 6.42 Å². The Hall–Kier alpha value is 0.157. The Balaban J connectivity index is -0.0000000575. The molecular weight excluding hydrogens is 91.0 g/mol. The summed E-state index contributed by atoms with van der Waals surface area (Å²) in [6.07, 6.45) is 6.88. The van der Waals surface area contributed by atoms with Crippen LogP contribution in [0.1, 0.15) is 26.7 Å². The van der Waals surface area contributed by atoms with Crippen molar-refractivity contribution in [1.29, 1.82) is 0 Å². The van der Waals surface area contributed by atoms with E-state index in [0.29, 0.717) is 0 Å². The van der Waals surface area contributed by atoms with Gasteiger partial charge in [0.2, 0.25) is 0 Å². The predicted octanol–water partition coefficient (Wildman–Crippen LogP) is -0.736. The van der Waals surface area contributed by atoms with E-state index in [-0.39, 0.29) is 18.9 Å². The van der Waals surface area contributed by atoms with E-state index in [2.05, 4.69) is 26.2 Å². The van der Waals surface area contributed by atoms with Crippen LogP contribution in [0.5, 0.6) is 0 Å². The van der Waals surface area contributed by atoms with E-state index in [1.54, 1.807) is 6.92 Å². The molecule has 0 N–H and O–H groups in total. The maximum atomic E-state index is 4.60. The standard InChI is InChI=1S/C4H9.C3H4.Li/c1-3-4-2;1-3-2;/h1,3-4H2,2H3;1H,2H3;/q-1;;+1. The number of hydrogen-bond donors (Lipinski definition) is 0. The second-order valence-electron chi connectivity index (χ2n) is 1.14. The molecule has 0 aromatic heterocycles. The summed E-state index contributed by atoms with van der Waals surface area (Å²) in [6.45, 7) is 7.38. The van der Waals surface area contributed by atoms with Crippen LogP contribution in [0.3, 0.4) is 0 Å². The van der Waals surface area contributed by atoms with Gasteiger partial charge in [-0.05, 0) is 6.92 Å². The zero-order chi connectivity index (χ0) is 6.12. The van der Waals surface area contributed by atoms with Gasteiger partial charge in [0.25, 0.3) is 0 Å². The molecule has 0 fully saturated rings. The summed E-state index contributed by atoms with van der Waals surface area (Å²) >= 11 is 0. The monoisotopic (exact) mass is 104 g/mol. The Morgan fingerprint density at radius 1 is 1.62 bits per heavy atom. The molecule has 1 heteroatoms. The summed E-state index contributed by atoms with van der Waals surface area (Å²) in [6, 6.07) is 0. The minimum Gasteiger partial charge on any atom is -0.343 e. The first-order chi connectivity index (χ1) is 3.33. The van der Waals surface area contributed by atoms with Crippen LogP contribution >= 0.6 is 0 Å². The molecule has 0 aliphatic rings. The fourth-order valence-electron chi connectivity index (χ4n) is 0. The number of hydrogen-bond acceptors (Lipinski definition) is 0. The molecule has 0 heterocycles. The Bertz CT molecular complexity index is 40.8. The summed E-state index contributed by atoms with van der Waals surface area (Å²) < 4.78 is 0. The topological polar surface area (TPSA) is 0 Å². The molecule has 0 saturated heterocycles. The molecule has 0 bridgehead atoms. The van der Waals surface area contributed by atoms with Crippen LogP contribution in [0.15, 0.2) is 0 Å². The molecule has 0 unspecified atom stereocenters. The van der Waals surface area contributed by atoms with Crippen LogP contribution in [0.25, 0.3) is 0 Å². The first-order valence-electron chi connectivity index (χ1n) is 2.50. The SMILES string of the molecule is C#CC.[CH2-]CCC.[Li+]. The van der Waals surface area contributed by atoms with Gasteiger partial charge in [0.05, 0.1) is 0 Å². The van der Waals surface area contributed by atoms with Crippen molar-refractivity contribution in [1.82, 2.24) is 0 Å². The van der Waals surface area contributed by atoms with Crippen molar-refractivity contribution in [3.05, 3.63) is 6.92 Å². The Morgan fingerprint density at radius 3 is 1.75 bits per heavy atom. The van der Waals surface area contributed by atoms with E-state index < -0.39 is 0 Å². The minimum absolute atomic E-state index is 0. The average Bonchev–Trinajstić information content (AvgIpc) is 1.69. The molecule has 0 saturated carbocycles. The van der Waals surface area contributed by atoms with Gasteiger partial charge in [-0.3, -0.25) is 0 Å². The fourth-order valence-corrected chi connectivity index (χ4v) is 0. The van der Waals surface area contributed by atoms with Crippen LogP contribution in [0.4, 0.5) is 0 Å². The Kier molecular flexibility index (Phi) is 53.5. The predicted molar refractivity (Wildman–Crippen MR) is 34.8 cm³/mol. The fraction of sp³-hybridized carbons (Fsp3) is 0.571. The maximum absolute atomic E-state index is 4.60. The summed E-state index contributed by atoms with van der Waals surface area (Å²) in [4.78, 5) is 0. The molecule has 0 aromatic rings. The molecule has 0 nitrogen and oxygen atoms in total. The second-order valence-corrected chi connectivity index (χ2v) is 1.14. The smallest absolute Gasteiger partial charge is 0.343 e. The molecule has 0 atom stereocenters. The van der Waals surface area contributed by atoms with Crippen molar-refractivity contribution in [2.75, 3.05) is 0 Å². The first-order valence-corrected chi connectivity index (χ1v) is 2.50. The molecule has 0 rings (SSSR count). The number of unbranched alkanes of at least 4 members (excludes halogenated alkanes) is 1. The minimum atomic E-state index is 0. The maximum Gasteiger partial charge on any atom is 1.00 e. The zero-order valence-corrected chi connectivity index (χ0v) is 6.20. The van der Waals surface area contributed by atoms with Crippen LogP contribution in [0.2, 0.25) is 0 Å². The zero-order valence-electron chi connectivity index (χ0n) is 6.20. The van der Waals surface area contributed by atoms with Crippen molar-refractivity contribution < 1.29 is 18.9 Å². The molecule has 0 aromatic carbocycles. The quantitative estimate of drug-likeness (QED) is 0.233.